The lowest BCUT2D eigenvalue weighted by Crippen LogP contribution is -2.14. The summed E-state index contributed by atoms with van der Waals surface area (Å²) in [5.74, 6) is 1.71. The third kappa shape index (κ3) is 4.62. The lowest BCUT2D eigenvalue weighted by molar-refractivity contribution is 0.342. The zero-order valence-electron chi connectivity index (χ0n) is 15.8. The van der Waals surface area contributed by atoms with Gasteiger partial charge in [0.05, 0.1) is 6.61 Å². The SMILES string of the molecule is CCOP(=O)(C/C=C/P(=O)(c1ccccc1)c1ccccc1)c1ccccc1. The Morgan fingerprint density at radius 3 is 1.57 bits per heavy atom. The highest BCUT2D eigenvalue weighted by Gasteiger charge is 2.27. The number of hydrogen-bond donors (Lipinski definition) is 0. The average molecular weight is 410 g/mol. The van der Waals surface area contributed by atoms with Gasteiger partial charge in [-0.25, -0.2) is 0 Å². The van der Waals surface area contributed by atoms with Gasteiger partial charge >= 0.3 is 0 Å². The topological polar surface area (TPSA) is 43.4 Å². The van der Waals surface area contributed by atoms with E-state index in [1.807, 2.05) is 97.9 Å². The second-order valence-electron chi connectivity index (χ2n) is 6.32. The Bertz CT molecular complexity index is 956. The summed E-state index contributed by atoms with van der Waals surface area (Å²) in [6.07, 6.45) is 1.96. The Labute approximate surface area is 166 Å². The van der Waals surface area contributed by atoms with Crippen LogP contribution in [0.2, 0.25) is 0 Å². The van der Waals surface area contributed by atoms with Gasteiger partial charge in [0.25, 0.3) is 0 Å². The van der Waals surface area contributed by atoms with Crippen molar-refractivity contribution in [3.05, 3.63) is 103 Å². The summed E-state index contributed by atoms with van der Waals surface area (Å²) in [4.78, 5) is 0. The molecule has 5 heteroatoms. The van der Waals surface area contributed by atoms with E-state index < -0.39 is 14.5 Å². The molecular formula is C23H24O3P2. The fraction of sp³-hybridized carbons (Fsp3) is 0.130. The molecule has 0 aliphatic rings. The van der Waals surface area contributed by atoms with Crippen molar-refractivity contribution in [3.63, 3.8) is 0 Å². The van der Waals surface area contributed by atoms with Gasteiger partial charge in [0.1, 0.15) is 0 Å². The Hall–Kier alpha value is -2.18. The van der Waals surface area contributed by atoms with Crippen LogP contribution in [0.25, 0.3) is 0 Å². The molecule has 3 aromatic carbocycles. The molecule has 0 N–H and O–H groups in total. The Morgan fingerprint density at radius 2 is 1.14 bits per heavy atom. The fourth-order valence-electron chi connectivity index (χ4n) is 3.05. The first-order chi connectivity index (χ1) is 13.6. The summed E-state index contributed by atoms with van der Waals surface area (Å²) >= 11 is 0. The number of benzene rings is 3. The summed E-state index contributed by atoms with van der Waals surface area (Å²) < 4.78 is 33.0. The molecule has 0 aliphatic heterocycles. The molecule has 3 aromatic rings. The first kappa shape index (κ1) is 20.6. The van der Waals surface area contributed by atoms with Crippen LogP contribution in [0.5, 0.6) is 0 Å². The zero-order chi connectivity index (χ0) is 19.9. The highest BCUT2D eigenvalue weighted by Crippen LogP contribution is 2.49. The van der Waals surface area contributed by atoms with Crippen molar-refractivity contribution in [2.75, 3.05) is 12.8 Å². The highest BCUT2D eigenvalue weighted by atomic mass is 31.2. The molecule has 0 heterocycles. The first-order valence-electron chi connectivity index (χ1n) is 9.26. The van der Waals surface area contributed by atoms with Crippen molar-refractivity contribution >= 4 is 30.4 Å². The van der Waals surface area contributed by atoms with E-state index in [1.165, 1.54) is 0 Å². The molecule has 1 unspecified atom stereocenters. The minimum absolute atomic E-state index is 0.203. The second kappa shape index (κ2) is 9.34. The van der Waals surface area contributed by atoms with Gasteiger partial charge in [-0.1, -0.05) is 84.9 Å². The summed E-state index contributed by atoms with van der Waals surface area (Å²) in [5.41, 5.74) is 0. The van der Waals surface area contributed by atoms with Crippen molar-refractivity contribution in [3.8, 4) is 0 Å². The van der Waals surface area contributed by atoms with Crippen LogP contribution in [0.1, 0.15) is 6.92 Å². The third-order valence-corrected chi connectivity index (χ3v) is 9.64. The van der Waals surface area contributed by atoms with Gasteiger partial charge in [-0.3, -0.25) is 4.57 Å². The molecule has 0 bridgehead atoms. The Balaban J connectivity index is 1.96. The fourth-order valence-corrected chi connectivity index (χ4v) is 7.38. The normalized spacial score (nSPS) is 14.0. The van der Waals surface area contributed by atoms with Crippen LogP contribution in [-0.4, -0.2) is 12.8 Å². The predicted molar refractivity (Wildman–Crippen MR) is 119 cm³/mol. The van der Waals surface area contributed by atoms with Crippen LogP contribution in [-0.2, 0) is 13.7 Å². The average Bonchev–Trinajstić information content (AvgIpc) is 2.76. The third-order valence-electron chi connectivity index (χ3n) is 4.43. The lowest BCUT2D eigenvalue weighted by Gasteiger charge is -2.18. The minimum Gasteiger partial charge on any atom is -0.325 e. The van der Waals surface area contributed by atoms with E-state index in [9.17, 15) is 9.13 Å². The summed E-state index contributed by atoms with van der Waals surface area (Å²) in [6, 6.07) is 28.0. The van der Waals surface area contributed by atoms with E-state index in [2.05, 4.69) is 0 Å². The lowest BCUT2D eigenvalue weighted by atomic mass is 10.4. The number of allylic oxidation sites excluding steroid dienone is 1. The van der Waals surface area contributed by atoms with Gasteiger partial charge in [-0.15, -0.1) is 0 Å². The van der Waals surface area contributed by atoms with Gasteiger partial charge in [-0.2, -0.15) is 0 Å². The maximum Gasteiger partial charge on any atom is 0.235 e. The van der Waals surface area contributed by atoms with E-state index in [1.54, 1.807) is 11.9 Å². The standard InChI is InChI=1S/C23H24O3P2/c1-2-26-28(25,23-17-10-5-11-18-23)20-12-19-27(24,21-13-6-3-7-14-21)22-15-8-4-9-16-22/h3-19H,2,20H2,1H3/b19-12+. The van der Waals surface area contributed by atoms with Crippen LogP contribution in [0.15, 0.2) is 103 Å². The van der Waals surface area contributed by atoms with Crippen molar-refractivity contribution < 1.29 is 13.7 Å². The monoisotopic (exact) mass is 410 g/mol. The van der Waals surface area contributed by atoms with Crippen molar-refractivity contribution in [2.24, 2.45) is 0 Å². The van der Waals surface area contributed by atoms with E-state index in [-0.39, 0.29) is 6.16 Å². The molecule has 0 fully saturated rings. The Morgan fingerprint density at radius 1 is 0.714 bits per heavy atom. The van der Waals surface area contributed by atoms with Crippen LogP contribution < -0.4 is 15.9 Å². The van der Waals surface area contributed by atoms with Crippen LogP contribution in [0, 0.1) is 0 Å². The molecule has 0 aliphatic carbocycles. The molecule has 3 nitrogen and oxygen atoms in total. The number of rotatable bonds is 8. The van der Waals surface area contributed by atoms with Crippen molar-refractivity contribution in [1.29, 1.82) is 0 Å². The van der Waals surface area contributed by atoms with Gasteiger partial charge in [0.2, 0.25) is 7.37 Å². The van der Waals surface area contributed by atoms with Gasteiger partial charge in [-0.05, 0) is 24.9 Å². The molecule has 1 atom stereocenters. The van der Waals surface area contributed by atoms with Gasteiger partial charge in [0.15, 0.2) is 7.14 Å². The molecule has 0 radical (unpaired) electrons. The molecular weight excluding hydrogens is 386 g/mol. The second-order valence-corrected chi connectivity index (χ2v) is 11.5. The molecule has 0 saturated heterocycles. The molecule has 3 rings (SSSR count). The van der Waals surface area contributed by atoms with E-state index in [0.29, 0.717) is 11.9 Å². The molecule has 0 aromatic heterocycles. The molecule has 0 amide bonds. The Kier molecular flexibility index (Phi) is 6.86. The molecule has 0 saturated carbocycles. The van der Waals surface area contributed by atoms with E-state index in [4.69, 9.17) is 4.52 Å². The van der Waals surface area contributed by atoms with Crippen molar-refractivity contribution in [2.45, 2.75) is 6.92 Å². The number of hydrogen-bond acceptors (Lipinski definition) is 3. The summed E-state index contributed by atoms with van der Waals surface area (Å²) in [6.45, 7) is 2.19. The highest BCUT2D eigenvalue weighted by molar-refractivity contribution is 7.81. The minimum atomic E-state index is -3.05. The van der Waals surface area contributed by atoms with Gasteiger partial charge < -0.3 is 9.09 Å². The largest absolute Gasteiger partial charge is 0.325 e. The van der Waals surface area contributed by atoms with Crippen LogP contribution in [0.3, 0.4) is 0 Å². The summed E-state index contributed by atoms with van der Waals surface area (Å²) in [7, 11) is -6.03. The first-order valence-corrected chi connectivity index (χ1v) is 12.8. The van der Waals surface area contributed by atoms with Crippen LogP contribution in [0.4, 0.5) is 0 Å². The molecule has 0 spiro atoms. The zero-order valence-corrected chi connectivity index (χ0v) is 17.6. The van der Waals surface area contributed by atoms with E-state index in [0.717, 1.165) is 10.6 Å². The van der Waals surface area contributed by atoms with Crippen LogP contribution >= 0.6 is 14.5 Å². The van der Waals surface area contributed by atoms with Gasteiger partial charge in [0, 0.05) is 22.1 Å². The molecule has 28 heavy (non-hydrogen) atoms. The maximum atomic E-state index is 14.0. The molecule has 144 valence electrons. The van der Waals surface area contributed by atoms with Crippen molar-refractivity contribution in [1.82, 2.24) is 0 Å². The smallest absolute Gasteiger partial charge is 0.235 e. The summed E-state index contributed by atoms with van der Waals surface area (Å²) in [5, 5.41) is 2.18. The quantitative estimate of drug-likeness (QED) is 0.482. The maximum absolute atomic E-state index is 14.0. The van der Waals surface area contributed by atoms with E-state index >= 15 is 0 Å². The predicted octanol–water partition coefficient (Wildman–Crippen LogP) is 5.15.